The predicted molar refractivity (Wildman–Crippen MR) is 69.6 cm³/mol. The van der Waals surface area contributed by atoms with Gasteiger partial charge in [0.1, 0.15) is 5.52 Å². The van der Waals surface area contributed by atoms with Gasteiger partial charge in [-0.15, -0.1) is 0 Å². The fourth-order valence-electron chi connectivity index (χ4n) is 2.28. The maximum atomic E-state index is 5.17. The molecule has 96 valence electrons. The molecule has 0 radical (unpaired) electrons. The average Bonchev–Trinajstić information content (AvgIpc) is 3.00. The van der Waals surface area contributed by atoms with E-state index >= 15 is 0 Å². The number of rotatable bonds is 6. The molecule has 0 bridgehead atoms. The topological polar surface area (TPSA) is 51.5 Å². The third-order valence-electron chi connectivity index (χ3n) is 3.75. The van der Waals surface area contributed by atoms with Crippen LogP contribution in [0.15, 0.2) is 24.7 Å². The number of anilines is 1. The monoisotopic (exact) mass is 246 g/mol. The lowest BCUT2D eigenvalue weighted by Crippen LogP contribution is -2.18. The minimum atomic E-state index is 0.421. The molecule has 1 aliphatic carbocycles. The lowest BCUT2D eigenvalue weighted by molar-refractivity contribution is 0.175. The number of fused-ring (bicyclic) bond motifs is 1. The van der Waals surface area contributed by atoms with E-state index in [1.54, 1.807) is 19.5 Å². The van der Waals surface area contributed by atoms with Gasteiger partial charge >= 0.3 is 0 Å². The molecule has 1 aliphatic rings. The van der Waals surface area contributed by atoms with Crippen molar-refractivity contribution in [2.45, 2.75) is 19.3 Å². The van der Waals surface area contributed by atoms with Gasteiger partial charge in [-0.05, 0) is 30.7 Å². The van der Waals surface area contributed by atoms with Gasteiger partial charge in [0.2, 0.25) is 0 Å². The molecule has 0 aliphatic heterocycles. The molecule has 2 heterocycles. The minimum absolute atomic E-state index is 0.421. The molecule has 0 spiro atoms. The van der Waals surface area contributed by atoms with Crippen LogP contribution in [-0.2, 0) is 4.74 Å². The summed E-state index contributed by atoms with van der Waals surface area (Å²) in [6.45, 7) is 1.81. The highest BCUT2D eigenvalue weighted by Crippen LogP contribution is 2.48. The third-order valence-corrected chi connectivity index (χ3v) is 3.75. The van der Waals surface area contributed by atoms with Gasteiger partial charge in [-0.25, -0.2) is 9.50 Å². The summed E-state index contributed by atoms with van der Waals surface area (Å²) < 4.78 is 7.01. The maximum Gasteiger partial charge on any atom is 0.152 e. The van der Waals surface area contributed by atoms with Crippen molar-refractivity contribution in [3.05, 3.63) is 24.7 Å². The van der Waals surface area contributed by atoms with E-state index in [2.05, 4.69) is 15.4 Å². The Bertz CT molecular complexity index is 533. The van der Waals surface area contributed by atoms with Crippen molar-refractivity contribution < 1.29 is 4.74 Å². The molecule has 1 fully saturated rings. The number of nitrogens with zero attached hydrogens (tertiary/aromatic N) is 3. The van der Waals surface area contributed by atoms with Crippen molar-refractivity contribution >= 4 is 11.3 Å². The molecular formula is C13H18N4O. The van der Waals surface area contributed by atoms with Gasteiger partial charge in [-0.1, -0.05) is 0 Å². The van der Waals surface area contributed by atoms with Crippen molar-refractivity contribution in [1.82, 2.24) is 14.6 Å². The highest BCUT2D eigenvalue weighted by molar-refractivity contribution is 5.66. The van der Waals surface area contributed by atoms with Crippen LogP contribution in [0.5, 0.6) is 0 Å². The molecule has 0 unspecified atom stereocenters. The summed E-state index contributed by atoms with van der Waals surface area (Å²) in [5, 5.41) is 7.66. The SMILES string of the molecule is COCCC1(CNc2nccn3nccc23)CC1. The maximum absolute atomic E-state index is 5.17. The van der Waals surface area contributed by atoms with Crippen molar-refractivity contribution in [2.24, 2.45) is 5.41 Å². The molecule has 0 saturated heterocycles. The zero-order valence-corrected chi connectivity index (χ0v) is 10.6. The van der Waals surface area contributed by atoms with Crippen LogP contribution in [0.2, 0.25) is 0 Å². The van der Waals surface area contributed by atoms with Crippen LogP contribution >= 0.6 is 0 Å². The second-order valence-electron chi connectivity index (χ2n) is 5.03. The number of methoxy groups -OCH3 is 1. The zero-order chi connectivity index (χ0) is 12.4. The molecule has 2 aromatic rings. The Morgan fingerprint density at radius 2 is 2.33 bits per heavy atom. The lowest BCUT2D eigenvalue weighted by atomic mass is 10.0. The summed E-state index contributed by atoms with van der Waals surface area (Å²) in [7, 11) is 1.76. The van der Waals surface area contributed by atoms with E-state index in [0.717, 1.165) is 30.9 Å². The first-order chi connectivity index (χ1) is 8.83. The van der Waals surface area contributed by atoms with Crippen molar-refractivity contribution in [3.8, 4) is 0 Å². The number of hydrogen-bond acceptors (Lipinski definition) is 4. The summed E-state index contributed by atoms with van der Waals surface area (Å²) in [5.41, 5.74) is 1.45. The first kappa shape index (κ1) is 11.5. The van der Waals surface area contributed by atoms with Crippen LogP contribution in [0.4, 0.5) is 5.82 Å². The van der Waals surface area contributed by atoms with E-state index < -0.39 is 0 Å². The van der Waals surface area contributed by atoms with Gasteiger partial charge in [-0.2, -0.15) is 5.10 Å². The average molecular weight is 246 g/mol. The number of ether oxygens (including phenoxy) is 1. The second kappa shape index (κ2) is 4.57. The van der Waals surface area contributed by atoms with E-state index in [0.29, 0.717) is 5.41 Å². The van der Waals surface area contributed by atoms with Crippen molar-refractivity contribution in [2.75, 3.05) is 25.6 Å². The van der Waals surface area contributed by atoms with Gasteiger partial charge in [0.05, 0.1) is 6.20 Å². The van der Waals surface area contributed by atoms with Crippen molar-refractivity contribution in [3.63, 3.8) is 0 Å². The molecule has 3 rings (SSSR count). The Morgan fingerprint density at radius 1 is 1.44 bits per heavy atom. The number of nitrogens with one attached hydrogen (secondary N) is 1. The Morgan fingerprint density at radius 3 is 3.11 bits per heavy atom. The first-order valence-electron chi connectivity index (χ1n) is 6.34. The van der Waals surface area contributed by atoms with Crippen LogP contribution in [0.3, 0.4) is 0 Å². The fourth-order valence-corrected chi connectivity index (χ4v) is 2.28. The third kappa shape index (κ3) is 2.18. The standard InChI is InChI=1S/C13H18N4O/c1-18-9-5-13(3-4-13)10-15-12-11-2-6-16-17(11)8-7-14-12/h2,6-8H,3-5,9-10H2,1H3,(H,14,15). The molecule has 1 saturated carbocycles. The van der Waals surface area contributed by atoms with Crippen LogP contribution in [0.1, 0.15) is 19.3 Å². The Balaban J connectivity index is 1.68. The van der Waals surface area contributed by atoms with E-state index in [-0.39, 0.29) is 0 Å². The molecule has 5 nitrogen and oxygen atoms in total. The van der Waals surface area contributed by atoms with Gasteiger partial charge in [0.15, 0.2) is 5.82 Å². The molecule has 2 aromatic heterocycles. The Hall–Kier alpha value is -1.62. The molecule has 0 aromatic carbocycles. The second-order valence-corrected chi connectivity index (χ2v) is 5.03. The highest BCUT2D eigenvalue weighted by atomic mass is 16.5. The summed E-state index contributed by atoms with van der Waals surface area (Å²) in [6.07, 6.45) is 9.12. The molecule has 1 N–H and O–H groups in total. The largest absolute Gasteiger partial charge is 0.385 e. The summed E-state index contributed by atoms with van der Waals surface area (Å²) in [6, 6.07) is 1.98. The van der Waals surface area contributed by atoms with E-state index in [1.807, 2.05) is 16.8 Å². The van der Waals surface area contributed by atoms with Crippen LogP contribution in [0, 0.1) is 5.41 Å². The van der Waals surface area contributed by atoms with E-state index in [9.17, 15) is 0 Å². The lowest BCUT2D eigenvalue weighted by Gasteiger charge is -2.16. The normalized spacial score (nSPS) is 16.9. The molecular weight excluding hydrogens is 228 g/mol. The van der Waals surface area contributed by atoms with E-state index in [1.165, 1.54) is 12.8 Å². The van der Waals surface area contributed by atoms with Crippen LogP contribution in [0.25, 0.3) is 5.52 Å². The predicted octanol–water partition coefficient (Wildman–Crippen LogP) is 1.96. The molecule has 18 heavy (non-hydrogen) atoms. The summed E-state index contributed by atoms with van der Waals surface area (Å²) >= 11 is 0. The minimum Gasteiger partial charge on any atom is -0.385 e. The summed E-state index contributed by atoms with van der Waals surface area (Å²) in [4.78, 5) is 4.39. The van der Waals surface area contributed by atoms with Crippen LogP contribution in [-0.4, -0.2) is 34.9 Å². The Labute approximate surface area is 106 Å². The fraction of sp³-hybridized carbons (Fsp3) is 0.538. The smallest absolute Gasteiger partial charge is 0.152 e. The number of hydrogen-bond donors (Lipinski definition) is 1. The van der Waals surface area contributed by atoms with Crippen LogP contribution < -0.4 is 5.32 Å². The number of aromatic nitrogens is 3. The van der Waals surface area contributed by atoms with Crippen molar-refractivity contribution in [1.29, 1.82) is 0 Å². The Kier molecular flexibility index (Phi) is 2.91. The molecule has 0 atom stereocenters. The summed E-state index contributed by atoms with van der Waals surface area (Å²) in [5.74, 6) is 0.915. The van der Waals surface area contributed by atoms with E-state index in [4.69, 9.17) is 4.74 Å². The van der Waals surface area contributed by atoms with Gasteiger partial charge < -0.3 is 10.1 Å². The first-order valence-corrected chi connectivity index (χ1v) is 6.34. The van der Waals surface area contributed by atoms with Gasteiger partial charge in [0, 0.05) is 32.7 Å². The molecule has 0 amide bonds. The van der Waals surface area contributed by atoms with Gasteiger partial charge in [0.25, 0.3) is 0 Å². The van der Waals surface area contributed by atoms with Gasteiger partial charge in [-0.3, -0.25) is 0 Å². The quantitative estimate of drug-likeness (QED) is 0.846. The zero-order valence-electron chi connectivity index (χ0n) is 10.6. The highest BCUT2D eigenvalue weighted by Gasteiger charge is 2.41. The molecule has 5 heteroatoms.